The molecule has 1 aromatic rings. The van der Waals surface area contributed by atoms with Crippen molar-refractivity contribution in [1.29, 1.82) is 0 Å². The second-order valence-electron chi connectivity index (χ2n) is 3.70. The quantitative estimate of drug-likeness (QED) is 0.752. The van der Waals surface area contributed by atoms with E-state index < -0.39 is 11.0 Å². The zero-order valence-electron chi connectivity index (χ0n) is 8.32. The third-order valence-electron chi connectivity index (χ3n) is 2.76. The maximum atomic E-state index is 11.8. The lowest BCUT2D eigenvalue weighted by atomic mass is 9.97. The lowest BCUT2D eigenvalue weighted by Gasteiger charge is -2.10. The van der Waals surface area contributed by atoms with Gasteiger partial charge < -0.3 is 0 Å². The summed E-state index contributed by atoms with van der Waals surface area (Å²) in [6.07, 6.45) is 2.18. The first kappa shape index (κ1) is 9.87. The fourth-order valence-electron chi connectivity index (χ4n) is 1.80. The van der Waals surface area contributed by atoms with Crippen molar-refractivity contribution in [2.24, 2.45) is 5.92 Å². The minimum Gasteiger partial charge on any atom is -0.237 e. The van der Waals surface area contributed by atoms with Gasteiger partial charge in [-0.15, -0.1) is 0 Å². The zero-order chi connectivity index (χ0) is 9.97. The Morgan fingerprint density at radius 3 is 3.07 bits per heavy atom. The van der Waals surface area contributed by atoms with Gasteiger partial charge in [-0.05, 0) is 24.0 Å². The van der Waals surface area contributed by atoms with Crippen molar-refractivity contribution >= 4 is 11.0 Å². The van der Waals surface area contributed by atoms with Gasteiger partial charge in [0.05, 0.1) is 4.90 Å². The predicted molar refractivity (Wildman–Crippen MR) is 58.3 cm³/mol. The first-order valence-electron chi connectivity index (χ1n) is 5.04. The van der Waals surface area contributed by atoms with E-state index in [0.717, 1.165) is 24.3 Å². The van der Waals surface area contributed by atoms with Gasteiger partial charge >= 0.3 is 0 Å². The summed E-state index contributed by atoms with van der Waals surface area (Å²) in [7, 11) is -1.00. The molecule has 2 unspecified atom stereocenters. The zero-order valence-corrected chi connectivity index (χ0v) is 9.14. The average Bonchev–Trinajstić information content (AvgIpc) is 2.39. The van der Waals surface area contributed by atoms with Gasteiger partial charge in [0.25, 0.3) is 0 Å². The van der Waals surface area contributed by atoms with E-state index in [4.69, 9.17) is 0 Å². The van der Waals surface area contributed by atoms with Crippen molar-refractivity contribution in [3.63, 3.8) is 0 Å². The van der Waals surface area contributed by atoms with E-state index in [1.807, 2.05) is 18.2 Å². The minimum atomic E-state index is -1.00. The molecule has 0 saturated carbocycles. The van der Waals surface area contributed by atoms with Crippen LogP contribution in [-0.2, 0) is 17.4 Å². The fraction of sp³-hybridized carbons (Fsp3) is 0.455. The van der Waals surface area contributed by atoms with E-state index in [9.17, 15) is 4.21 Å². The monoisotopic (exact) mass is 209 g/mol. The third-order valence-corrected chi connectivity index (χ3v) is 3.99. The maximum Gasteiger partial charge on any atom is 0.125 e. The molecule has 0 amide bonds. The van der Waals surface area contributed by atoms with Gasteiger partial charge in [0, 0.05) is 6.54 Å². The van der Waals surface area contributed by atoms with E-state index in [2.05, 4.69) is 17.7 Å². The molecule has 0 saturated heterocycles. The molecule has 0 radical (unpaired) electrons. The molecule has 1 aromatic carbocycles. The van der Waals surface area contributed by atoms with Gasteiger partial charge in [0.2, 0.25) is 0 Å². The topological polar surface area (TPSA) is 29.1 Å². The van der Waals surface area contributed by atoms with Crippen molar-refractivity contribution in [2.45, 2.75) is 24.7 Å². The van der Waals surface area contributed by atoms with Crippen LogP contribution in [0.2, 0.25) is 0 Å². The third kappa shape index (κ3) is 1.88. The highest BCUT2D eigenvalue weighted by atomic mass is 32.2. The molecular formula is C11H15NOS. The van der Waals surface area contributed by atoms with Crippen molar-refractivity contribution in [2.75, 3.05) is 6.54 Å². The molecule has 1 heterocycles. The van der Waals surface area contributed by atoms with Gasteiger partial charge in [0.15, 0.2) is 0 Å². The predicted octanol–water partition coefficient (Wildman–Crippen LogP) is 1.88. The first-order valence-corrected chi connectivity index (χ1v) is 6.19. The summed E-state index contributed by atoms with van der Waals surface area (Å²) < 4.78 is 14.8. The number of hydrogen-bond acceptors (Lipinski definition) is 1. The van der Waals surface area contributed by atoms with Crippen molar-refractivity contribution in [1.82, 2.24) is 4.72 Å². The van der Waals surface area contributed by atoms with E-state index in [1.54, 1.807) is 0 Å². The highest BCUT2D eigenvalue weighted by molar-refractivity contribution is 7.83. The van der Waals surface area contributed by atoms with E-state index in [1.165, 1.54) is 5.56 Å². The Hall–Kier alpha value is -0.670. The van der Waals surface area contributed by atoms with Crippen molar-refractivity contribution < 1.29 is 4.21 Å². The first-order chi connectivity index (χ1) is 6.81. The smallest absolute Gasteiger partial charge is 0.125 e. The van der Waals surface area contributed by atoms with Crippen molar-refractivity contribution in [3.8, 4) is 0 Å². The molecule has 0 aliphatic carbocycles. The highest BCUT2D eigenvalue weighted by Crippen LogP contribution is 2.21. The molecule has 0 aromatic heterocycles. The van der Waals surface area contributed by atoms with Crippen LogP contribution in [0.4, 0.5) is 0 Å². The number of hydrogen-bond donors (Lipinski definition) is 1. The van der Waals surface area contributed by atoms with E-state index in [0.29, 0.717) is 5.92 Å². The molecule has 0 bridgehead atoms. The molecule has 1 aliphatic rings. The van der Waals surface area contributed by atoms with Gasteiger partial charge in [-0.1, -0.05) is 31.5 Å². The lowest BCUT2D eigenvalue weighted by Crippen LogP contribution is -2.22. The number of benzene rings is 1. The highest BCUT2D eigenvalue weighted by Gasteiger charge is 2.18. The Morgan fingerprint density at radius 1 is 1.50 bits per heavy atom. The van der Waals surface area contributed by atoms with Crippen LogP contribution < -0.4 is 4.72 Å². The molecule has 0 spiro atoms. The van der Waals surface area contributed by atoms with Crippen LogP contribution in [0.1, 0.15) is 18.9 Å². The van der Waals surface area contributed by atoms with Gasteiger partial charge in [0.1, 0.15) is 11.0 Å². The van der Waals surface area contributed by atoms with Crippen LogP contribution in [0.25, 0.3) is 0 Å². The second-order valence-corrected chi connectivity index (χ2v) is 4.97. The largest absolute Gasteiger partial charge is 0.237 e. The van der Waals surface area contributed by atoms with Crippen LogP contribution in [-0.4, -0.2) is 10.8 Å². The number of nitrogens with one attached hydrogen (secondary N) is 1. The molecule has 3 heteroatoms. The SMILES string of the molecule is CCC1CNS(=O)c2ccccc2C1. The molecule has 2 rings (SSSR count). The summed E-state index contributed by atoms with van der Waals surface area (Å²) in [5.74, 6) is 0.614. The molecule has 1 aliphatic heterocycles. The Morgan fingerprint density at radius 2 is 2.29 bits per heavy atom. The van der Waals surface area contributed by atoms with E-state index in [-0.39, 0.29) is 0 Å². The standard InChI is InChI=1S/C11H15NOS/c1-2-9-7-10-5-3-4-6-11(10)14(13)12-8-9/h3-6,9,12H,2,7-8H2,1H3. The summed E-state index contributed by atoms with van der Waals surface area (Å²) in [5.41, 5.74) is 1.24. The number of fused-ring (bicyclic) bond motifs is 1. The second kappa shape index (κ2) is 4.24. The van der Waals surface area contributed by atoms with Gasteiger partial charge in [-0.3, -0.25) is 0 Å². The Bertz CT molecular complexity index is 351. The average molecular weight is 209 g/mol. The molecule has 2 nitrogen and oxygen atoms in total. The minimum absolute atomic E-state index is 0.614. The van der Waals surface area contributed by atoms with Crippen LogP contribution in [0.5, 0.6) is 0 Å². The Balaban J connectivity index is 2.36. The summed E-state index contributed by atoms with van der Waals surface area (Å²) >= 11 is 0. The molecule has 14 heavy (non-hydrogen) atoms. The Labute approximate surface area is 87.3 Å². The summed E-state index contributed by atoms with van der Waals surface area (Å²) in [5, 5.41) is 0. The van der Waals surface area contributed by atoms with Crippen LogP contribution in [0.3, 0.4) is 0 Å². The summed E-state index contributed by atoms with van der Waals surface area (Å²) in [4.78, 5) is 0.962. The molecule has 76 valence electrons. The van der Waals surface area contributed by atoms with E-state index >= 15 is 0 Å². The van der Waals surface area contributed by atoms with Crippen LogP contribution >= 0.6 is 0 Å². The summed E-state index contributed by atoms with van der Waals surface area (Å²) in [6.45, 7) is 3.04. The molecule has 2 atom stereocenters. The van der Waals surface area contributed by atoms with Gasteiger partial charge in [-0.25, -0.2) is 8.93 Å². The van der Waals surface area contributed by atoms with Crippen molar-refractivity contribution in [3.05, 3.63) is 29.8 Å². The Kier molecular flexibility index (Phi) is 2.99. The fourth-order valence-corrected chi connectivity index (χ4v) is 2.93. The number of rotatable bonds is 1. The lowest BCUT2D eigenvalue weighted by molar-refractivity contribution is 0.505. The normalized spacial score (nSPS) is 26.6. The van der Waals surface area contributed by atoms with Crippen LogP contribution in [0.15, 0.2) is 29.2 Å². The van der Waals surface area contributed by atoms with Crippen LogP contribution in [0, 0.1) is 5.92 Å². The molecule has 1 N–H and O–H groups in total. The molecular weight excluding hydrogens is 194 g/mol. The summed E-state index contributed by atoms with van der Waals surface area (Å²) in [6, 6.07) is 8.01. The molecule has 0 fully saturated rings. The maximum absolute atomic E-state index is 11.8. The van der Waals surface area contributed by atoms with Gasteiger partial charge in [-0.2, -0.15) is 0 Å².